The molecular weight excluding hydrogens is 579 g/mol. The average Bonchev–Trinajstić information content (AvgIpc) is 3.17. The van der Waals surface area contributed by atoms with Crippen molar-refractivity contribution in [2.24, 2.45) is 0 Å². The van der Waals surface area contributed by atoms with Crippen molar-refractivity contribution in [1.82, 2.24) is 4.98 Å². The smallest absolute Gasteiger partial charge is 0.265 e. The van der Waals surface area contributed by atoms with Crippen LogP contribution in [0.25, 0.3) is 11.3 Å². The normalized spacial score (nSPS) is 11.3. The van der Waals surface area contributed by atoms with Crippen molar-refractivity contribution in [3.8, 4) is 17.0 Å². The highest BCUT2D eigenvalue weighted by molar-refractivity contribution is 7.92. The summed E-state index contributed by atoms with van der Waals surface area (Å²) in [5, 5.41) is 3.11. The van der Waals surface area contributed by atoms with Gasteiger partial charge in [-0.1, -0.05) is 23.2 Å². The minimum atomic E-state index is -3.55. The predicted molar refractivity (Wildman–Crippen MR) is 146 cm³/mol. The Labute approximate surface area is 231 Å². The van der Waals surface area contributed by atoms with Crippen LogP contribution in [0, 0.1) is 18.6 Å². The number of ether oxygens (including phenoxy) is 1. The molecule has 0 radical (unpaired) electrons. The topological polar surface area (TPSA) is 97.4 Å². The maximum Gasteiger partial charge on any atom is 0.265 e. The van der Waals surface area contributed by atoms with Crippen molar-refractivity contribution >= 4 is 61.8 Å². The van der Waals surface area contributed by atoms with Gasteiger partial charge in [-0.15, -0.1) is 11.3 Å². The van der Waals surface area contributed by atoms with Crippen LogP contribution >= 0.6 is 34.5 Å². The van der Waals surface area contributed by atoms with Crippen LogP contribution < -0.4 is 14.8 Å². The lowest BCUT2D eigenvalue weighted by atomic mass is 10.1. The molecule has 0 saturated carbocycles. The molecule has 0 saturated heterocycles. The number of nitrogens with zero attached hydrogens (tertiary/aromatic N) is 1. The molecule has 0 aliphatic rings. The van der Waals surface area contributed by atoms with E-state index in [4.69, 9.17) is 27.9 Å². The van der Waals surface area contributed by atoms with Gasteiger partial charge in [0.15, 0.2) is 0 Å². The Bertz CT molecular complexity index is 1630. The van der Waals surface area contributed by atoms with E-state index in [1.165, 1.54) is 41.7 Å². The number of carbonyl (C=O) groups excluding carboxylic acids is 1. The van der Waals surface area contributed by atoms with Crippen molar-refractivity contribution in [2.45, 2.75) is 13.5 Å². The number of sulfonamides is 1. The van der Waals surface area contributed by atoms with Crippen LogP contribution in [0.15, 0.2) is 54.7 Å². The van der Waals surface area contributed by atoms with Gasteiger partial charge in [0.25, 0.3) is 5.91 Å². The molecule has 7 nitrogen and oxygen atoms in total. The molecule has 1 amide bonds. The Kier molecular flexibility index (Phi) is 8.22. The van der Waals surface area contributed by atoms with Crippen LogP contribution in [-0.2, 0) is 16.6 Å². The van der Waals surface area contributed by atoms with Crippen LogP contribution in [0.3, 0.4) is 0 Å². The Morgan fingerprint density at radius 3 is 2.42 bits per heavy atom. The molecule has 4 aromatic rings. The van der Waals surface area contributed by atoms with Gasteiger partial charge in [0.1, 0.15) is 29.7 Å². The summed E-state index contributed by atoms with van der Waals surface area (Å²) in [6, 6.07) is 11.0. The Balaban J connectivity index is 1.58. The SMILES string of the molecule is Cc1sc(C(=O)Nc2cc(Cl)cc(NS(C)(=O)=O)c2)cc1-c1ncc(F)cc1OCc1cc(F)cc(Cl)c1. The number of pyridine rings is 1. The fourth-order valence-corrected chi connectivity index (χ4v) is 5.49. The molecule has 0 aliphatic heterocycles. The van der Waals surface area contributed by atoms with Crippen LogP contribution in [-0.4, -0.2) is 25.6 Å². The van der Waals surface area contributed by atoms with Gasteiger partial charge in [0.2, 0.25) is 10.0 Å². The first kappa shape index (κ1) is 27.8. The first-order valence-corrected chi connectivity index (χ1v) is 14.3. The van der Waals surface area contributed by atoms with Crippen LogP contribution in [0.4, 0.5) is 20.2 Å². The first-order valence-electron chi connectivity index (χ1n) is 10.8. The van der Waals surface area contributed by atoms with E-state index < -0.39 is 27.6 Å². The fourth-order valence-electron chi connectivity index (χ4n) is 3.54. The molecule has 2 aromatic carbocycles. The van der Waals surface area contributed by atoms with Gasteiger partial charge < -0.3 is 10.1 Å². The molecule has 0 fully saturated rings. The third-order valence-electron chi connectivity index (χ3n) is 4.99. The van der Waals surface area contributed by atoms with E-state index in [1.807, 2.05) is 0 Å². The van der Waals surface area contributed by atoms with Crippen molar-refractivity contribution in [2.75, 3.05) is 16.3 Å². The van der Waals surface area contributed by atoms with Gasteiger partial charge in [-0.05, 0) is 55.0 Å². The summed E-state index contributed by atoms with van der Waals surface area (Å²) in [4.78, 5) is 18.2. The third kappa shape index (κ3) is 7.19. The summed E-state index contributed by atoms with van der Waals surface area (Å²) >= 11 is 13.1. The Morgan fingerprint density at radius 1 is 1.00 bits per heavy atom. The minimum Gasteiger partial charge on any atom is -0.487 e. The van der Waals surface area contributed by atoms with Gasteiger partial charge in [-0.3, -0.25) is 9.52 Å². The van der Waals surface area contributed by atoms with Crippen molar-refractivity contribution in [3.63, 3.8) is 0 Å². The number of thiophene rings is 1. The Hall–Kier alpha value is -3.25. The first-order chi connectivity index (χ1) is 17.9. The standard InChI is InChI=1S/C25H19Cl2F2N3O4S2/c1-13-21(24-22(8-18(29)11-30-24)36-12-14-3-15(26)5-17(28)4-14)10-23(37-13)25(33)31-19-6-16(27)7-20(9-19)32-38(2,34)35/h3-11,32H,12H2,1-2H3,(H,31,33). The number of halogens is 4. The van der Waals surface area contributed by atoms with E-state index in [0.717, 1.165) is 24.6 Å². The summed E-state index contributed by atoms with van der Waals surface area (Å²) < 4.78 is 58.9. The lowest BCUT2D eigenvalue weighted by molar-refractivity contribution is 0.103. The number of hydrogen-bond acceptors (Lipinski definition) is 6. The summed E-state index contributed by atoms with van der Waals surface area (Å²) in [5.74, 6) is -1.54. The highest BCUT2D eigenvalue weighted by Gasteiger charge is 2.19. The molecule has 2 N–H and O–H groups in total. The summed E-state index contributed by atoms with van der Waals surface area (Å²) in [7, 11) is -3.55. The van der Waals surface area contributed by atoms with E-state index in [-0.39, 0.29) is 33.8 Å². The number of nitrogens with one attached hydrogen (secondary N) is 2. The van der Waals surface area contributed by atoms with E-state index in [2.05, 4.69) is 15.0 Å². The second kappa shape index (κ2) is 11.2. The van der Waals surface area contributed by atoms with Crippen molar-refractivity contribution in [1.29, 1.82) is 0 Å². The van der Waals surface area contributed by atoms with Crippen molar-refractivity contribution in [3.05, 3.63) is 91.7 Å². The van der Waals surface area contributed by atoms with Crippen LogP contribution in [0.2, 0.25) is 10.0 Å². The zero-order chi connectivity index (χ0) is 27.6. The quantitative estimate of drug-likeness (QED) is 0.230. The molecular formula is C25H19Cl2F2N3O4S2. The minimum absolute atomic E-state index is 0.0925. The van der Waals surface area contributed by atoms with E-state index in [9.17, 15) is 22.0 Å². The maximum atomic E-state index is 14.0. The van der Waals surface area contributed by atoms with Gasteiger partial charge in [0, 0.05) is 32.2 Å². The summed E-state index contributed by atoms with van der Waals surface area (Å²) in [5.41, 5.74) is 1.75. The lowest BCUT2D eigenvalue weighted by Gasteiger charge is -2.11. The molecule has 0 spiro atoms. The second-order valence-corrected chi connectivity index (χ2v) is 12.1. The molecule has 13 heteroatoms. The van der Waals surface area contributed by atoms with Crippen molar-refractivity contribution < 1.29 is 26.7 Å². The zero-order valence-electron chi connectivity index (χ0n) is 19.8. The molecule has 0 aliphatic carbocycles. The van der Waals surface area contributed by atoms with E-state index in [1.54, 1.807) is 13.0 Å². The molecule has 4 rings (SSSR count). The number of anilines is 2. The molecule has 0 unspecified atom stereocenters. The van der Waals surface area contributed by atoms with Crippen LogP contribution in [0.5, 0.6) is 5.75 Å². The van der Waals surface area contributed by atoms with E-state index in [0.29, 0.717) is 26.6 Å². The zero-order valence-corrected chi connectivity index (χ0v) is 23.0. The lowest BCUT2D eigenvalue weighted by Crippen LogP contribution is -2.12. The summed E-state index contributed by atoms with van der Waals surface area (Å²) in [6.07, 6.45) is 2.03. The van der Waals surface area contributed by atoms with Gasteiger partial charge in [-0.25, -0.2) is 22.2 Å². The largest absolute Gasteiger partial charge is 0.487 e. The van der Waals surface area contributed by atoms with Gasteiger partial charge in [0.05, 0.1) is 23.0 Å². The van der Waals surface area contributed by atoms with Crippen LogP contribution in [0.1, 0.15) is 20.1 Å². The number of benzene rings is 2. The molecule has 38 heavy (non-hydrogen) atoms. The number of rotatable bonds is 8. The monoisotopic (exact) mass is 597 g/mol. The third-order valence-corrected chi connectivity index (χ3v) is 7.08. The average molecular weight is 598 g/mol. The Morgan fingerprint density at radius 2 is 1.71 bits per heavy atom. The fraction of sp³-hybridized carbons (Fsp3) is 0.120. The highest BCUT2D eigenvalue weighted by atomic mass is 35.5. The molecule has 0 bridgehead atoms. The molecule has 0 atom stereocenters. The number of aryl methyl sites for hydroxylation is 1. The van der Waals surface area contributed by atoms with Gasteiger partial charge >= 0.3 is 0 Å². The number of carbonyl (C=O) groups is 1. The predicted octanol–water partition coefficient (Wildman–Crippen LogP) is 6.91. The second-order valence-electron chi connectivity index (χ2n) is 8.20. The number of aromatic nitrogens is 1. The maximum absolute atomic E-state index is 14.0. The van der Waals surface area contributed by atoms with Gasteiger partial charge in [-0.2, -0.15) is 0 Å². The number of amides is 1. The molecule has 2 aromatic heterocycles. The summed E-state index contributed by atoms with van der Waals surface area (Å²) in [6.45, 7) is 1.68. The molecule has 198 valence electrons. The van der Waals surface area contributed by atoms with E-state index >= 15 is 0 Å². The molecule has 2 heterocycles. The highest BCUT2D eigenvalue weighted by Crippen LogP contribution is 2.36. The number of hydrogen-bond donors (Lipinski definition) is 2.